The number of ether oxygens (including phenoxy) is 2. The first-order valence-electron chi connectivity index (χ1n) is 10.7. The van der Waals surface area contributed by atoms with Gasteiger partial charge in [0.2, 0.25) is 15.9 Å². The highest BCUT2D eigenvalue weighted by atomic mass is 32.2. The molecule has 0 aliphatic heterocycles. The topological polar surface area (TPSA) is 84.9 Å². The average Bonchev–Trinajstić information content (AvgIpc) is 2.74. The molecule has 0 atom stereocenters. The van der Waals surface area contributed by atoms with Gasteiger partial charge in [-0.3, -0.25) is 9.10 Å². The van der Waals surface area contributed by atoms with E-state index in [1.54, 1.807) is 31.4 Å². The van der Waals surface area contributed by atoms with Crippen LogP contribution in [-0.2, 0) is 14.8 Å². The number of hydrogen-bond donors (Lipinski definition) is 1. The second kappa shape index (κ2) is 11.8. The van der Waals surface area contributed by atoms with Crippen LogP contribution >= 0.6 is 0 Å². The number of hydrogen-bond acceptors (Lipinski definition) is 5. The van der Waals surface area contributed by atoms with Crippen molar-refractivity contribution in [1.82, 2.24) is 5.32 Å². The fourth-order valence-corrected chi connectivity index (χ4v) is 4.48. The summed E-state index contributed by atoms with van der Waals surface area (Å²) < 4.78 is 37.2. The van der Waals surface area contributed by atoms with Crippen LogP contribution in [0.2, 0.25) is 0 Å². The van der Waals surface area contributed by atoms with Gasteiger partial charge in [-0.2, -0.15) is 0 Å². The van der Waals surface area contributed by atoms with E-state index in [1.165, 1.54) is 10.6 Å². The SMILES string of the molecule is COc1ccc(OCCNC(=O)CCCN(c2c(C)cccc2C(C)C)S(C)(=O)=O)cc1. The Hall–Kier alpha value is -2.74. The Kier molecular flexibility index (Phi) is 9.38. The summed E-state index contributed by atoms with van der Waals surface area (Å²) in [6.07, 6.45) is 1.86. The number of nitrogens with zero attached hydrogens (tertiary/aromatic N) is 1. The number of benzene rings is 2. The van der Waals surface area contributed by atoms with Crippen LogP contribution in [0, 0.1) is 6.92 Å². The number of carbonyl (C=O) groups excluding carboxylic acids is 1. The van der Waals surface area contributed by atoms with Crippen molar-refractivity contribution < 1.29 is 22.7 Å². The summed E-state index contributed by atoms with van der Waals surface area (Å²) in [4.78, 5) is 12.2. The van der Waals surface area contributed by atoms with Crippen molar-refractivity contribution in [2.24, 2.45) is 0 Å². The molecule has 8 heteroatoms. The van der Waals surface area contributed by atoms with Crippen LogP contribution < -0.4 is 19.1 Å². The van der Waals surface area contributed by atoms with E-state index < -0.39 is 10.0 Å². The molecule has 0 bridgehead atoms. The number of aryl methyl sites for hydroxylation is 1. The monoisotopic (exact) mass is 462 g/mol. The summed E-state index contributed by atoms with van der Waals surface area (Å²) in [5, 5.41) is 2.81. The van der Waals surface area contributed by atoms with E-state index in [2.05, 4.69) is 5.32 Å². The highest BCUT2D eigenvalue weighted by molar-refractivity contribution is 7.92. The summed E-state index contributed by atoms with van der Waals surface area (Å²) in [6, 6.07) is 13.0. The van der Waals surface area contributed by atoms with Gasteiger partial charge in [-0.25, -0.2) is 8.42 Å². The van der Waals surface area contributed by atoms with E-state index in [4.69, 9.17) is 9.47 Å². The number of anilines is 1. The van der Waals surface area contributed by atoms with Gasteiger partial charge in [-0.1, -0.05) is 32.0 Å². The van der Waals surface area contributed by atoms with Crippen LogP contribution in [0.3, 0.4) is 0 Å². The maximum atomic E-state index is 12.5. The molecule has 2 aromatic carbocycles. The van der Waals surface area contributed by atoms with Gasteiger partial charge in [0.1, 0.15) is 18.1 Å². The van der Waals surface area contributed by atoms with E-state index in [0.29, 0.717) is 25.3 Å². The van der Waals surface area contributed by atoms with Gasteiger partial charge in [-0.05, 0) is 54.7 Å². The third-order valence-corrected chi connectivity index (χ3v) is 6.22. The summed E-state index contributed by atoms with van der Waals surface area (Å²) in [5.41, 5.74) is 2.61. The minimum absolute atomic E-state index is 0.134. The Morgan fingerprint density at radius 3 is 2.34 bits per heavy atom. The minimum atomic E-state index is -3.48. The van der Waals surface area contributed by atoms with Crippen LogP contribution in [-0.4, -0.2) is 47.4 Å². The van der Waals surface area contributed by atoms with E-state index in [0.717, 1.165) is 22.6 Å². The van der Waals surface area contributed by atoms with Crippen LogP contribution in [0.25, 0.3) is 0 Å². The van der Waals surface area contributed by atoms with Gasteiger partial charge in [-0.15, -0.1) is 0 Å². The quantitative estimate of drug-likeness (QED) is 0.484. The van der Waals surface area contributed by atoms with Crippen LogP contribution in [0.5, 0.6) is 11.5 Å². The fourth-order valence-electron chi connectivity index (χ4n) is 3.43. The Labute approximate surface area is 191 Å². The Balaban J connectivity index is 1.86. The molecule has 1 N–H and O–H groups in total. The molecule has 0 aromatic heterocycles. The lowest BCUT2D eigenvalue weighted by atomic mass is 9.98. The zero-order valence-electron chi connectivity index (χ0n) is 19.6. The van der Waals surface area contributed by atoms with Crippen molar-refractivity contribution in [1.29, 1.82) is 0 Å². The molecular formula is C24H34N2O5S. The second-order valence-electron chi connectivity index (χ2n) is 7.98. The molecule has 2 rings (SSSR count). The molecule has 0 saturated carbocycles. The van der Waals surface area contributed by atoms with E-state index >= 15 is 0 Å². The molecule has 0 saturated heterocycles. The van der Waals surface area contributed by atoms with Crippen molar-refractivity contribution in [2.45, 2.75) is 39.5 Å². The van der Waals surface area contributed by atoms with Gasteiger partial charge in [0.15, 0.2) is 0 Å². The Morgan fingerprint density at radius 2 is 1.75 bits per heavy atom. The standard InChI is InChI=1S/C24H34N2O5S/c1-18(2)22-9-6-8-19(3)24(22)26(32(5,28)29)16-7-10-23(27)25-15-17-31-21-13-11-20(30-4)12-14-21/h6,8-9,11-14,18H,7,10,15-17H2,1-5H3,(H,25,27). The lowest BCUT2D eigenvalue weighted by molar-refractivity contribution is -0.121. The largest absolute Gasteiger partial charge is 0.497 e. The zero-order valence-corrected chi connectivity index (χ0v) is 20.4. The molecule has 0 spiro atoms. The summed E-state index contributed by atoms with van der Waals surface area (Å²) >= 11 is 0. The Bertz CT molecular complexity index is 988. The molecule has 32 heavy (non-hydrogen) atoms. The fraction of sp³-hybridized carbons (Fsp3) is 0.458. The zero-order chi connectivity index (χ0) is 23.7. The number of nitrogens with one attached hydrogen (secondary N) is 1. The summed E-state index contributed by atoms with van der Waals surface area (Å²) in [5.74, 6) is 1.50. The second-order valence-corrected chi connectivity index (χ2v) is 9.89. The number of methoxy groups -OCH3 is 1. The van der Waals surface area contributed by atoms with Gasteiger partial charge in [0, 0.05) is 13.0 Å². The van der Waals surface area contributed by atoms with Gasteiger partial charge in [0.25, 0.3) is 0 Å². The number of rotatable bonds is 12. The lowest BCUT2D eigenvalue weighted by Crippen LogP contribution is -2.34. The van der Waals surface area contributed by atoms with Gasteiger partial charge in [0.05, 0.1) is 25.6 Å². The molecule has 176 valence electrons. The third kappa shape index (κ3) is 7.44. The van der Waals surface area contributed by atoms with E-state index in [-0.39, 0.29) is 24.8 Å². The molecule has 0 unspecified atom stereocenters. The van der Waals surface area contributed by atoms with Crippen LogP contribution in [0.4, 0.5) is 5.69 Å². The molecule has 2 aromatic rings. The van der Waals surface area contributed by atoms with Crippen molar-refractivity contribution in [3.8, 4) is 11.5 Å². The molecule has 7 nitrogen and oxygen atoms in total. The van der Waals surface area contributed by atoms with Gasteiger partial charge < -0.3 is 14.8 Å². The highest BCUT2D eigenvalue weighted by Gasteiger charge is 2.23. The summed E-state index contributed by atoms with van der Waals surface area (Å²) in [6.45, 7) is 6.96. The average molecular weight is 463 g/mol. The number of carbonyl (C=O) groups is 1. The molecule has 0 radical (unpaired) electrons. The highest BCUT2D eigenvalue weighted by Crippen LogP contribution is 2.32. The predicted molar refractivity (Wildman–Crippen MR) is 128 cm³/mol. The Morgan fingerprint density at radius 1 is 1.09 bits per heavy atom. The molecule has 0 fully saturated rings. The maximum absolute atomic E-state index is 12.5. The number of para-hydroxylation sites is 1. The molecule has 0 aliphatic carbocycles. The first-order valence-corrected chi connectivity index (χ1v) is 12.6. The molecular weight excluding hydrogens is 428 g/mol. The first-order chi connectivity index (χ1) is 15.1. The van der Waals surface area contributed by atoms with E-state index in [9.17, 15) is 13.2 Å². The molecule has 0 aliphatic rings. The molecule has 1 amide bonds. The normalized spacial score (nSPS) is 11.3. The smallest absolute Gasteiger partial charge is 0.232 e. The van der Waals surface area contributed by atoms with Crippen molar-refractivity contribution in [2.75, 3.05) is 37.4 Å². The lowest BCUT2D eigenvalue weighted by Gasteiger charge is -2.28. The first kappa shape index (κ1) is 25.5. The molecule has 0 heterocycles. The van der Waals surface area contributed by atoms with Crippen LogP contribution in [0.1, 0.15) is 43.7 Å². The minimum Gasteiger partial charge on any atom is -0.497 e. The summed E-state index contributed by atoms with van der Waals surface area (Å²) in [7, 11) is -1.88. The van der Waals surface area contributed by atoms with E-state index in [1.807, 2.05) is 39.0 Å². The van der Waals surface area contributed by atoms with Gasteiger partial charge >= 0.3 is 0 Å². The maximum Gasteiger partial charge on any atom is 0.232 e. The third-order valence-electron chi connectivity index (χ3n) is 5.06. The van der Waals surface area contributed by atoms with Crippen molar-refractivity contribution >= 4 is 21.6 Å². The predicted octanol–water partition coefficient (Wildman–Crippen LogP) is 3.87. The number of amides is 1. The number of sulfonamides is 1. The van der Waals surface area contributed by atoms with Crippen LogP contribution in [0.15, 0.2) is 42.5 Å². The van der Waals surface area contributed by atoms with Crippen molar-refractivity contribution in [3.63, 3.8) is 0 Å². The van der Waals surface area contributed by atoms with Crippen molar-refractivity contribution in [3.05, 3.63) is 53.6 Å².